The van der Waals surface area contributed by atoms with Gasteiger partial charge in [-0.2, -0.15) is 5.10 Å². The molecule has 2 aromatic carbocycles. The predicted molar refractivity (Wildman–Crippen MR) is 101 cm³/mol. The van der Waals surface area contributed by atoms with Gasteiger partial charge in [-0.3, -0.25) is 9.78 Å². The van der Waals surface area contributed by atoms with Gasteiger partial charge in [0.2, 0.25) is 5.91 Å². The molecule has 0 aliphatic carbocycles. The molecule has 0 unspecified atom stereocenters. The van der Waals surface area contributed by atoms with Crippen LogP contribution >= 0.6 is 0 Å². The molecule has 0 saturated heterocycles. The van der Waals surface area contributed by atoms with Gasteiger partial charge in [-0.15, -0.1) is 0 Å². The van der Waals surface area contributed by atoms with Crippen molar-refractivity contribution in [1.82, 2.24) is 20.1 Å². The molecule has 0 aliphatic rings. The first-order chi connectivity index (χ1) is 13.2. The van der Waals surface area contributed by atoms with Crippen molar-refractivity contribution < 1.29 is 9.18 Å². The van der Waals surface area contributed by atoms with Gasteiger partial charge in [-0.1, -0.05) is 30.3 Å². The van der Waals surface area contributed by atoms with Crippen LogP contribution in [0.1, 0.15) is 11.3 Å². The van der Waals surface area contributed by atoms with E-state index in [1.165, 1.54) is 12.1 Å². The van der Waals surface area contributed by atoms with E-state index in [0.29, 0.717) is 12.2 Å². The zero-order valence-electron chi connectivity index (χ0n) is 14.5. The molecule has 0 bridgehead atoms. The van der Waals surface area contributed by atoms with Crippen LogP contribution in [0.25, 0.3) is 16.6 Å². The van der Waals surface area contributed by atoms with Crippen LogP contribution in [-0.2, 0) is 17.8 Å². The molecule has 0 atom stereocenters. The van der Waals surface area contributed by atoms with Crippen molar-refractivity contribution in [1.29, 1.82) is 0 Å². The van der Waals surface area contributed by atoms with Crippen molar-refractivity contribution in [2.75, 3.05) is 0 Å². The van der Waals surface area contributed by atoms with Crippen LogP contribution in [0.4, 0.5) is 4.39 Å². The number of hydrogen-bond acceptors (Lipinski definition) is 3. The monoisotopic (exact) mass is 360 g/mol. The second kappa shape index (κ2) is 7.37. The lowest BCUT2D eigenvalue weighted by Gasteiger charge is -2.06. The van der Waals surface area contributed by atoms with Crippen molar-refractivity contribution >= 4 is 16.8 Å². The van der Waals surface area contributed by atoms with Crippen LogP contribution in [-0.4, -0.2) is 20.7 Å². The number of benzene rings is 2. The number of pyridine rings is 1. The van der Waals surface area contributed by atoms with E-state index in [9.17, 15) is 9.18 Å². The molecule has 0 aliphatic heterocycles. The highest BCUT2D eigenvalue weighted by Gasteiger charge is 2.09. The van der Waals surface area contributed by atoms with Crippen LogP contribution < -0.4 is 5.32 Å². The van der Waals surface area contributed by atoms with Gasteiger partial charge in [0.1, 0.15) is 5.82 Å². The second-order valence-electron chi connectivity index (χ2n) is 6.21. The van der Waals surface area contributed by atoms with Crippen LogP contribution in [0, 0.1) is 5.82 Å². The number of carbonyl (C=O) groups excluding carboxylic acids is 1. The third-order valence-electron chi connectivity index (χ3n) is 4.26. The third kappa shape index (κ3) is 3.84. The number of aromatic nitrogens is 3. The maximum absolute atomic E-state index is 13.1. The Morgan fingerprint density at radius 1 is 1.04 bits per heavy atom. The Balaban J connectivity index is 1.47. The van der Waals surface area contributed by atoms with E-state index in [1.807, 2.05) is 36.4 Å². The predicted octanol–water partition coefficient (Wildman–Crippen LogP) is 3.42. The fourth-order valence-corrected chi connectivity index (χ4v) is 2.88. The molecule has 0 fully saturated rings. The SMILES string of the molecule is O=C(Cc1cc2cnn(-c3ccc(F)cc3)c2cn1)NCc1ccccc1. The summed E-state index contributed by atoms with van der Waals surface area (Å²) in [7, 11) is 0. The number of carbonyl (C=O) groups is 1. The first-order valence-electron chi connectivity index (χ1n) is 8.58. The first-order valence-corrected chi connectivity index (χ1v) is 8.58. The molecular formula is C21H17FN4O. The van der Waals surface area contributed by atoms with E-state index in [4.69, 9.17) is 0 Å². The molecule has 0 radical (unpaired) electrons. The summed E-state index contributed by atoms with van der Waals surface area (Å²) in [5.41, 5.74) is 3.28. The number of hydrogen-bond donors (Lipinski definition) is 1. The van der Waals surface area contributed by atoms with Gasteiger partial charge in [0.15, 0.2) is 0 Å². The van der Waals surface area contributed by atoms with Crippen molar-refractivity contribution in [3.8, 4) is 5.69 Å². The smallest absolute Gasteiger partial charge is 0.226 e. The number of halogens is 1. The van der Waals surface area contributed by atoms with E-state index in [-0.39, 0.29) is 18.1 Å². The Morgan fingerprint density at radius 3 is 2.59 bits per heavy atom. The van der Waals surface area contributed by atoms with E-state index < -0.39 is 0 Å². The third-order valence-corrected chi connectivity index (χ3v) is 4.26. The number of fused-ring (bicyclic) bond motifs is 1. The average molecular weight is 360 g/mol. The Kier molecular flexibility index (Phi) is 4.61. The second-order valence-corrected chi connectivity index (χ2v) is 6.21. The fourth-order valence-electron chi connectivity index (χ4n) is 2.88. The van der Waals surface area contributed by atoms with E-state index in [2.05, 4.69) is 15.4 Å². The Hall–Kier alpha value is -3.54. The molecule has 1 amide bonds. The minimum atomic E-state index is -0.294. The highest BCUT2D eigenvalue weighted by atomic mass is 19.1. The minimum Gasteiger partial charge on any atom is -0.352 e. The minimum absolute atomic E-state index is 0.0865. The highest BCUT2D eigenvalue weighted by Crippen LogP contribution is 2.18. The van der Waals surface area contributed by atoms with Crippen molar-refractivity contribution in [2.45, 2.75) is 13.0 Å². The van der Waals surface area contributed by atoms with Gasteiger partial charge in [0.05, 0.1) is 35.7 Å². The number of nitrogens with one attached hydrogen (secondary N) is 1. The Labute approximate surface area is 155 Å². The van der Waals surface area contributed by atoms with Gasteiger partial charge in [-0.25, -0.2) is 9.07 Å². The zero-order chi connectivity index (χ0) is 18.6. The van der Waals surface area contributed by atoms with Crippen LogP contribution in [0.5, 0.6) is 0 Å². The molecule has 0 saturated carbocycles. The molecule has 4 aromatic rings. The van der Waals surface area contributed by atoms with Gasteiger partial charge < -0.3 is 5.32 Å². The van der Waals surface area contributed by atoms with Gasteiger partial charge in [0, 0.05) is 11.9 Å². The maximum Gasteiger partial charge on any atom is 0.226 e. The molecule has 2 aromatic heterocycles. The first kappa shape index (κ1) is 16.9. The summed E-state index contributed by atoms with van der Waals surface area (Å²) in [6, 6.07) is 17.7. The standard InChI is InChI=1S/C21H17FN4O/c22-17-6-8-19(9-7-17)26-20-14-23-18(10-16(20)13-25-26)11-21(27)24-12-15-4-2-1-3-5-15/h1-10,13-14H,11-12H2,(H,24,27). The van der Waals surface area contributed by atoms with E-state index in [1.54, 1.807) is 29.2 Å². The summed E-state index contributed by atoms with van der Waals surface area (Å²) in [6.45, 7) is 0.490. The molecule has 6 heteroatoms. The van der Waals surface area contributed by atoms with Crippen LogP contribution in [0.15, 0.2) is 73.1 Å². The number of amides is 1. The van der Waals surface area contributed by atoms with Crippen LogP contribution in [0.2, 0.25) is 0 Å². The molecule has 1 N–H and O–H groups in total. The van der Waals surface area contributed by atoms with Gasteiger partial charge in [-0.05, 0) is 35.9 Å². The van der Waals surface area contributed by atoms with Crippen molar-refractivity contribution in [2.24, 2.45) is 0 Å². The summed E-state index contributed by atoms with van der Waals surface area (Å²) in [5.74, 6) is -0.381. The van der Waals surface area contributed by atoms with Gasteiger partial charge >= 0.3 is 0 Å². The fraction of sp³-hybridized carbons (Fsp3) is 0.0952. The lowest BCUT2D eigenvalue weighted by molar-refractivity contribution is -0.120. The lowest BCUT2D eigenvalue weighted by atomic mass is 10.2. The Bertz CT molecular complexity index is 1070. The van der Waals surface area contributed by atoms with E-state index in [0.717, 1.165) is 22.2 Å². The molecule has 2 heterocycles. The average Bonchev–Trinajstić information content (AvgIpc) is 3.11. The highest BCUT2D eigenvalue weighted by molar-refractivity contribution is 5.82. The van der Waals surface area contributed by atoms with Crippen molar-refractivity contribution in [3.63, 3.8) is 0 Å². The molecule has 0 spiro atoms. The Morgan fingerprint density at radius 2 is 1.81 bits per heavy atom. The van der Waals surface area contributed by atoms with Crippen LogP contribution in [0.3, 0.4) is 0 Å². The molecule has 5 nitrogen and oxygen atoms in total. The molecule has 4 rings (SSSR count). The molecular weight excluding hydrogens is 343 g/mol. The maximum atomic E-state index is 13.1. The summed E-state index contributed by atoms with van der Waals surface area (Å²) < 4.78 is 14.8. The summed E-state index contributed by atoms with van der Waals surface area (Å²) >= 11 is 0. The largest absolute Gasteiger partial charge is 0.352 e. The van der Waals surface area contributed by atoms with E-state index >= 15 is 0 Å². The summed E-state index contributed by atoms with van der Waals surface area (Å²) in [5, 5.41) is 8.12. The quantitative estimate of drug-likeness (QED) is 0.593. The summed E-state index contributed by atoms with van der Waals surface area (Å²) in [6.07, 6.45) is 3.60. The zero-order valence-corrected chi connectivity index (χ0v) is 14.5. The normalized spacial score (nSPS) is 10.9. The number of rotatable bonds is 5. The van der Waals surface area contributed by atoms with Gasteiger partial charge in [0.25, 0.3) is 0 Å². The number of nitrogens with zero attached hydrogens (tertiary/aromatic N) is 3. The lowest BCUT2D eigenvalue weighted by Crippen LogP contribution is -2.24. The van der Waals surface area contributed by atoms with Crippen molar-refractivity contribution in [3.05, 3.63) is 90.1 Å². The summed E-state index contributed by atoms with van der Waals surface area (Å²) in [4.78, 5) is 16.6. The topological polar surface area (TPSA) is 59.8 Å². The molecule has 27 heavy (non-hydrogen) atoms. The molecule has 134 valence electrons.